The number of benzene rings is 1. The predicted molar refractivity (Wildman–Crippen MR) is 80.5 cm³/mol. The minimum atomic E-state index is -0.716. The molecule has 0 unspecified atom stereocenters. The first kappa shape index (κ1) is 15.4. The van der Waals surface area contributed by atoms with Crippen LogP contribution in [0.3, 0.4) is 0 Å². The normalized spacial score (nSPS) is 15.1. The topological polar surface area (TPSA) is 49.4 Å². The number of piperidine rings is 1. The third-order valence-electron chi connectivity index (χ3n) is 3.10. The van der Waals surface area contributed by atoms with Crippen LogP contribution < -0.4 is 5.32 Å². The predicted octanol–water partition coefficient (Wildman–Crippen LogP) is 3.60. The largest absolute Gasteiger partial charge is 0.334 e. The molecule has 2 amide bonds. The van der Waals surface area contributed by atoms with E-state index in [2.05, 4.69) is 5.32 Å². The maximum atomic E-state index is 12.0. The van der Waals surface area contributed by atoms with Crippen molar-refractivity contribution in [2.24, 2.45) is 0 Å². The fourth-order valence-corrected chi connectivity index (χ4v) is 2.63. The van der Waals surface area contributed by atoms with E-state index in [4.69, 9.17) is 34.8 Å². The van der Waals surface area contributed by atoms with Gasteiger partial charge in [-0.05, 0) is 31.4 Å². The summed E-state index contributed by atoms with van der Waals surface area (Å²) >= 11 is 17.6. The standard InChI is InChI=1S/C13H13Cl3N2O2/c14-8-6-10(16)11(7-9(8)15)17-12(19)13(20)18-4-2-1-3-5-18/h6-7H,1-5H2,(H,17,19). The second kappa shape index (κ2) is 6.66. The maximum Gasteiger partial charge on any atom is 0.313 e. The summed E-state index contributed by atoms with van der Waals surface area (Å²) in [5.41, 5.74) is 0.274. The molecule has 1 N–H and O–H groups in total. The molecule has 4 nitrogen and oxygen atoms in total. The molecule has 1 aliphatic heterocycles. The van der Waals surface area contributed by atoms with Crippen molar-refractivity contribution in [2.45, 2.75) is 19.3 Å². The zero-order valence-electron chi connectivity index (χ0n) is 10.6. The van der Waals surface area contributed by atoms with Crippen molar-refractivity contribution >= 4 is 52.3 Å². The quantitative estimate of drug-likeness (QED) is 0.630. The van der Waals surface area contributed by atoms with Crippen molar-refractivity contribution < 1.29 is 9.59 Å². The molecule has 0 spiro atoms. The highest BCUT2D eigenvalue weighted by Crippen LogP contribution is 2.32. The number of amides is 2. The maximum absolute atomic E-state index is 12.0. The molecule has 0 atom stereocenters. The zero-order valence-corrected chi connectivity index (χ0v) is 12.9. The van der Waals surface area contributed by atoms with Crippen LogP contribution in [-0.2, 0) is 9.59 Å². The molecule has 0 aromatic heterocycles. The Balaban J connectivity index is 2.07. The summed E-state index contributed by atoms with van der Waals surface area (Å²) < 4.78 is 0. The molecule has 1 heterocycles. The molecule has 1 fully saturated rings. The van der Waals surface area contributed by atoms with Gasteiger partial charge in [-0.2, -0.15) is 0 Å². The number of nitrogens with one attached hydrogen (secondary N) is 1. The van der Waals surface area contributed by atoms with Crippen molar-refractivity contribution in [3.63, 3.8) is 0 Å². The van der Waals surface area contributed by atoms with Gasteiger partial charge in [0.2, 0.25) is 0 Å². The first-order chi connectivity index (χ1) is 9.49. The lowest BCUT2D eigenvalue weighted by Gasteiger charge is -2.26. The Morgan fingerprint density at radius 2 is 1.55 bits per heavy atom. The molecule has 0 aliphatic carbocycles. The lowest BCUT2D eigenvalue weighted by atomic mass is 10.1. The number of rotatable bonds is 1. The average molecular weight is 336 g/mol. The molecule has 2 rings (SSSR count). The smallest absolute Gasteiger partial charge is 0.313 e. The minimum absolute atomic E-state index is 0.235. The number of halogens is 3. The van der Waals surface area contributed by atoms with Gasteiger partial charge in [-0.3, -0.25) is 9.59 Å². The van der Waals surface area contributed by atoms with Crippen LogP contribution in [0.4, 0.5) is 5.69 Å². The van der Waals surface area contributed by atoms with Gasteiger partial charge in [0.05, 0.1) is 20.8 Å². The van der Waals surface area contributed by atoms with E-state index in [0.717, 1.165) is 19.3 Å². The van der Waals surface area contributed by atoms with Crippen molar-refractivity contribution in [3.8, 4) is 0 Å². The lowest BCUT2D eigenvalue weighted by Crippen LogP contribution is -2.42. The van der Waals surface area contributed by atoms with Crippen LogP contribution in [-0.4, -0.2) is 29.8 Å². The summed E-state index contributed by atoms with van der Waals surface area (Å²) in [7, 11) is 0. The van der Waals surface area contributed by atoms with Crippen LogP contribution in [0.15, 0.2) is 12.1 Å². The molecule has 1 saturated heterocycles. The molecule has 108 valence electrons. The van der Waals surface area contributed by atoms with Gasteiger partial charge in [-0.25, -0.2) is 0 Å². The summed E-state index contributed by atoms with van der Waals surface area (Å²) in [6.07, 6.45) is 2.93. The fourth-order valence-electron chi connectivity index (χ4n) is 2.03. The summed E-state index contributed by atoms with van der Waals surface area (Å²) in [5.74, 6) is -1.26. The SMILES string of the molecule is O=C(Nc1cc(Cl)c(Cl)cc1Cl)C(=O)N1CCCCC1. The number of anilines is 1. The van der Waals surface area contributed by atoms with Crippen molar-refractivity contribution in [2.75, 3.05) is 18.4 Å². The van der Waals surface area contributed by atoms with Crippen LogP contribution in [0, 0.1) is 0 Å². The highest BCUT2D eigenvalue weighted by Gasteiger charge is 2.24. The first-order valence-corrected chi connectivity index (χ1v) is 7.37. The highest BCUT2D eigenvalue weighted by atomic mass is 35.5. The fraction of sp³-hybridized carbons (Fsp3) is 0.385. The monoisotopic (exact) mass is 334 g/mol. The van der Waals surface area contributed by atoms with E-state index in [1.807, 2.05) is 0 Å². The summed E-state index contributed by atoms with van der Waals surface area (Å²) in [6, 6.07) is 2.85. The van der Waals surface area contributed by atoms with Crippen molar-refractivity contribution in [1.29, 1.82) is 0 Å². The van der Waals surface area contributed by atoms with Gasteiger partial charge in [0.1, 0.15) is 0 Å². The van der Waals surface area contributed by atoms with Gasteiger partial charge < -0.3 is 10.2 Å². The number of carbonyl (C=O) groups excluding carboxylic acids is 2. The van der Waals surface area contributed by atoms with E-state index >= 15 is 0 Å². The number of likely N-dealkylation sites (tertiary alicyclic amines) is 1. The van der Waals surface area contributed by atoms with Gasteiger partial charge in [0.15, 0.2) is 0 Å². The Morgan fingerprint density at radius 3 is 2.20 bits per heavy atom. The average Bonchev–Trinajstić information content (AvgIpc) is 2.44. The number of hydrogen-bond donors (Lipinski definition) is 1. The summed E-state index contributed by atoms with van der Waals surface area (Å²) in [4.78, 5) is 25.4. The van der Waals surface area contributed by atoms with Crippen molar-refractivity contribution in [1.82, 2.24) is 4.90 Å². The molecule has 0 saturated carbocycles. The Kier molecular flexibility index (Phi) is 5.13. The second-order valence-electron chi connectivity index (χ2n) is 4.55. The molecular formula is C13H13Cl3N2O2. The molecule has 20 heavy (non-hydrogen) atoms. The number of hydrogen-bond acceptors (Lipinski definition) is 2. The summed E-state index contributed by atoms with van der Waals surface area (Å²) in [6.45, 7) is 1.22. The first-order valence-electron chi connectivity index (χ1n) is 6.24. The number of nitrogens with zero attached hydrogens (tertiary/aromatic N) is 1. The van der Waals surface area contributed by atoms with E-state index in [1.165, 1.54) is 12.1 Å². The second-order valence-corrected chi connectivity index (χ2v) is 5.77. The highest BCUT2D eigenvalue weighted by molar-refractivity contribution is 6.45. The van der Waals surface area contributed by atoms with Gasteiger partial charge in [-0.1, -0.05) is 34.8 Å². The molecule has 0 bridgehead atoms. The Labute approximate surface area is 132 Å². The molecule has 7 heteroatoms. The Morgan fingerprint density at radius 1 is 0.950 bits per heavy atom. The van der Waals surface area contributed by atoms with Crippen LogP contribution in [0.5, 0.6) is 0 Å². The molecule has 1 aliphatic rings. The third kappa shape index (κ3) is 3.57. The molecule has 1 aromatic rings. The van der Waals surface area contributed by atoms with E-state index < -0.39 is 11.8 Å². The van der Waals surface area contributed by atoms with Gasteiger partial charge in [0, 0.05) is 13.1 Å². The van der Waals surface area contributed by atoms with Crippen LogP contribution >= 0.6 is 34.8 Å². The van der Waals surface area contributed by atoms with Gasteiger partial charge in [0.25, 0.3) is 0 Å². The molecule has 0 radical (unpaired) electrons. The van der Waals surface area contributed by atoms with E-state index in [9.17, 15) is 9.59 Å². The van der Waals surface area contributed by atoms with E-state index in [0.29, 0.717) is 13.1 Å². The Hall–Kier alpha value is -0.970. The van der Waals surface area contributed by atoms with Crippen LogP contribution in [0.25, 0.3) is 0 Å². The lowest BCUT2D eigenvalue weighted by molar-refractivity contribution is -0.143. The third-order valence-corrected chi connectivity index (χ3v) is 4.13. The zero-order chi connectivity index (χ0) is 14.7. The number of carbonyl (C=O) groups is 2. The minimum Gasteiger partial charge on any atom is -0.334 e. The van der Waals surface area contributed by atoms with Crippen LogP contribution in [0.1, 0.15) is 19.3 Å². The molecular weight excluding hydrogens is 323 g/mol. The van der Waals surface area contributed by atoms with E-state index in [1.54, 1.807) is 4.90 Å². The van der Waals surface area contributed by atoms with Gasteiger partial charge >= 0.3 is 11.8 Å². The van der Waals surface area contributed by atoms with Crippen molar-refractivity contribution in [3.05, 3.63) is 27.2 Å². The van der Waals surface area contributed by atoms with Gasteiger partial charge in [-0.15, -0.1) is 0 Å². The van der Waals surface area contributed by atoms with E-state index in [-0.39, 0.29) is 20.8 Å². The molecule has 1 aromatic carbocycles. The Bertz CT molecular complexity index is 543. The summed E-state index contributed by atoms with van der Waals surface area (Å²) in [5, 5.41) is 3.26. The van der Waals surface area contributed by atoms with Crippen LogP contribution in [0.2, 0.25) is 15.1 Å².